The highest BCUT2D eigenvalue weighted by Gasteiger charge is 2.39. The monoisotopic (exact) mass is 402 g/mol. The van der Waals surface area contributed by atoms with Gasteiger partial charge >= 0.3 is 0 Å². The molecule has 2 heterocycles. The van der Waals surface area contributed by atoms with Crippen LogP contribution in [-0.4, -0.2) is 10.8 Å². The topological polar surface area (TPSA) is 42.0 Å². The van der Waals surface area contributed by atoms with Crippen molar-refractivity contribution in [2.75, 3.05) is 5.32 Å². The van der Waals surface area contributed by atoms with E-state index in [1.54, 1.807) is 0 Å². The van der Waals surface area contributed by atoms with Crippen LogP contribution in [-0.2, 0) is 4.79 Å². The van der Waals surface area contributed by atoms with Crippen LogP contribution in [0, 0.1) is 0 Å². The van der Waals surface area contributed by atoms with E-state index in [-0.39, 0.29) is 17.6 Å². The zero-order valence-corrected chi connectivity index (χ0v) is 17.1. The van der Waals surface area contributed by atoms with Gasteiger partial charge in [0.2, 0.25) is 0 Å². The maximum Gasteiger partial charge on any atom is 0.162 e. The number of aromatic nitrogens is 1. The Balaban J connectivity index is 1.56. The van der Waals surface area contributed by atoms with E-state index in [2.05, 4.69) is 77.0 Å². The maximum absolute atomic E-state index is 13.6. The molecule has 3 heteroatoms. The molecule has 0 bridgehead atoms. The summed E-state index contributed by atoms with van der Waals surface area (Å²) in [7, 11) is 0. The molecule has 31 heavy (non-hydrogen) atoms. The number of nitrogens with zero attached hydrogens (tertiary/aromatic N) is 1. The molecular formula is C28H22N2O. The van der Waals surface area contributed by atoms with Gasteiger partial charge in [-0.1, -0.05) is 66.7 Å². The van der Waals surface area contributed by atoms with Gasteiger partial charge in [-0.15, -0.1) is 0 Å². The molecule has 0 fully saturated rings. The van der Waals surface area contributed by atoms with E-state index in [1.165, 1.54) is 5.56 Å². The van der Waals surface area contributed by atoms with Crippen LogP contribution in [0.5, 0.6) is 0 Å². The summed E-state index contributed by atoms with van der Waals surface area (Å²) in [6.07, 6.45) is 3.22. The molecule has 3 aromatic carbocycles. The number of anilines is 1. The lowest BCUT2D eigenvalue weighted by atomic mass is 9.71. The Kier molecular flexibility index (Phi) is 4.20. The molecule has 0 spiro atoms. The summed E-state index contributed by atoms with van der Waals surface area (Å²) in [6.45, 7) is 0. The Bertz CT molecular complexity index is 1330. The minimum Gasteiger partial charge on any atom is -0.358 e. The lowest BCUT2D eigenvalue weighted by Gasteiger charge is -2.37. The third kappa shape index (κ3) is 2.97. The maximum atomic E-state index is 13.6. The summed E-state index contributed by atoms with van der Waals surface area (Å²) in [5.74, 6) is 0.368. The number of carbonyl (C=O) groups is 1. The van der Waals surface area contributed by atoms with Gasteiger partial charge in [0.05, 0.1) is 5.52 Å². The molecule has 2 aliphatic rings. The molecule has 4 aromatic rings. The number of hydrogen-bond acceptors (Lipinski definition) is 3. The van der Waals surface area contributed by atoms with Gasteiger partial charge in [-0.2, -0.15) is 0 Å². The van der Waals surface area contributed by atoms with Gasteiger partial charge < -0.3 is 5.32 Å². The first kappa shape index (κ1) is 18.1. The van der Waals surface area contributed by atoms with Gasteiger partial charge in [-0.25, -0.2) is 0 Å². The lowest BCUT2D eigenvalue weighted by molar-refractivity contribution is -0.116. The fourth-order valence-corrected chi connectivity index (χ4v) is 5.23. The van der Waals surface area contributed by atoms with Crippen LogP contribution in [0.4, 0.5) is 5.69 Å². The van der Waals surface area contributed by atoms with E-state index < -0.39 is 0 Å². The quantitative estimate of drug-likeness (QED) is 0.434. The summed E-state index contributed by atoms with van der Waals surface area (Å²) in [4.78, 5) is 18.2. The summed E-state index contributed by atoms with van der Waals surface area (Å²) in [5.41, 5.74) is 7.56. The molecule has 0 amide bonds. The minimum atomic E-state index is -0.0791. The highest BCUT2D eigenvalue weighted by molar-refractivity contribution is 6.04. The van der Waals surface area contributed by atoms with E-state index >= 15 is 0 Å². The number of rotatable bonds is 2. The second-order valence-corrected chi connectivity index (χ2v) is 8.40. The summed E-state index contributed by atoms with van der Waals surface area (Å²) >= 11 is 0. The average Bonchev–Trinajstić information content (AvgIpc) is 2.83. The van der Waals surface area contributed by atoms with Crippen molar-refractivity contribution in [3.05, 3.63) is 119 Å². The standard InChI is InChI=1S/C28H22N2O/c31-25-17-20(18-8-3-1-4-9-18)16-24-28(25)26(19-10-5-2-6-11-19)27-21-12-7-15-29-22(21)13-14-23(27)30-24/h1-15,20,26,30H,16-17H2/t20-,26-/m0/s1. The number of nitrogens with one attached hydrogen (secondary N) is 1. The van der Waals surface area contributed by atoms with Gasteiger partial charge in [0, 0.05) is 40.9 Å². The van der Waals surface area contributed by atoms with E-state index in [0.29, 0.717) is 6.42 Å². The number of carbonyl (C=O) groups excluding carboxylic acids is 1. The Hall–Kier alpha value is -3.72. The predicted molar refractivity (Wildman–Crippen MR) is 124 cm³/mol. The van der Waals surface area contributed by atoms with Crippen molar-refractivity contribution in [3.8, 4) is 0 Å². The van der Waals surface area contributed by atoms with Crippen molar-refractivity contribution in [3.63, 3.8) is 0 Å². The lowest BCUT2D eigenvalue weighted by Crippen LogP contribution is -2.30. The van der Waals surface area contributed by atoms with Crippen molar-refractivity contribution < 1.29 is 4.79 Å². The third-order valence-corrected chi connectivity index (χ3v) is 6.60. The molecule has 0 saturated heterocycles. The molecule has 1 aromatic heterocycles. The number of allylic oxidation sites excluding steroid dienone is 2. The SMILES string of the molecule is O=C1C[C@@H](c2ccccc2)CC2=C1[C@@H](c1ccccc1)c1c(ccc3ncccc13)N2. The van der Waals surface area contributed by atoms with Crippen molar-refractivity contribution >= 4 is 22.4 Å². The van der Waals surface area contributed by atoms with Gasteiger partial charge in [0.25, 0.3) is 0 Å². The highest BCUT2D eigenvalue weighted by atomic mass is 16.1. The molecule has 1 aliphatic heterocycles. The first-order chi connectivity index (χ1) is 15.3. The molecular weight excluding hydrogens is 380 g/mol. The first-order valence-electron chi connectivity index (χ1n) is 10.8. The van der Waals surface area contributed by atoms with Crippen LogP contribution < -0.4 is 5.32 Å². The van der Waals surface area contributed by atoms with Crippen molar-refractivity contribution in [2.24, 2.45) is 0 Å². The fourth-order valence-electron chi connectivity index (χ4n) is 5.23. The van der Waals surface area contributed by atoms with E-state index in [1.807, 2.05) is 24.4 Å². The van der Waals surface area contributed by atoms with Crippen LogP contribution in [0.15, 0.2) is 102 Å². The predicted octanol–water partition coefficient (Wildman–Crippen LogP) is 6.19. The number of benzene rings is 3. The van der Waals surface area contributed by atoms with Crippen LogP contribution in [0.3, 0.4) is 0 Å². The number of hydrogen-bond donors (Lipinski definition) is 1. The van der Waals surface area contributed by atoms with Crippen molar-refractivity contribution in [1.82, 2.24) is 4.98 Å². The van der Waals surface area contributed by atoms with E-state index in [4.69, 9.17) is 0 Å². The summed E-state index contributed by atoms with van der Waals surface area (Å²) in [6, 6.07) is 29.1. The Labute approximate surface area is 181 Å². The Morgan fingerprint density at radius 3 is 2.29 bits per heavy atom. The number of fused-ring (bicyclic) bond motifs is 3. The largest absolute Gasteiger partial charge is 0.358 e. The molecule has 1 aliphatic carbocycles. The zero-order chi connectivity index (χ0) is 20.8. The zero-order valence-electron chi connectivity index (χ0n) is 17.1. The van der Waals surface area contributed by atoms with Gasteiger partial charge in [-0.3, -0.25) is 9.78 Å². The van der Waals surface area contributed by atoms with E-state index in [9.17, 15) is 4.79 Å². The third-order valence-electron chi connectivity index (χ3n) is 6.60. The van der Waals surface area contributed by atoms with Crippen molar-refractivity contribution in [2.45, 2.75) is 24.7 Å². The van der Waals surface area contributed by atoms with Gasteiger partial charge in [-0.05, 0) is 47.2 Å². The van der Waals surface area contributed by atoms with Crippen LogP contribution in [0.2, 0.25) is 0 Å². The average molecular weight is 402 g/mol. The normalized spacial score (nSPS) is 20.2. The number of pyridine rings is 1. The number of Topliss-reactive ketones (excluding diaryl/α,β-unsaturated/α-hetero) is 1. The molecule has 0 radical (unpaired) electrons. The molecule has 150 valence electrons. The molecule has 3 nitrogen and oxygen atoms in total. The van der Waals surface area contributed by atoms with Crippen molar-refractivity contribution in [1.29, 1.82) is 0 Å². The summed E-state index contributed by atoms with van der Waals surface area (Å²) in [5, 5.41) is 4.75. The van der Waals surface area contributed by atoms with E-state index in [0.717, 1.165) is 45.4 Å². The smallest absolute Gasteiger partial charge is 0.162 e. The van der Waals surface area contributed by atoms with Crippen LogP contribution in [0.1, 0.15) is 41.4 Å². The van der Waals surface area contributed by atoms with Gasteiger partial charge in [0.15, 0.2) is 5.78 Å². The highest BCUT2D eigenvalue weighted by Crippen LogP contribution is 2.49. The first-order valence-corrected chi connectivity index (χ1v) is 10.8. The fraction of sp³-hybridized carbons (Fsp3) is 0.143. The molecule has 0 saturated carbocycles. The minimum absolute atomic E-state index is 0.0791. The molecule has 0 unspecified atom stereocenters. The molecule has 2 atom stereocenters. The Morgan fingerprint density at radius 1 is 0.774 bits per heavy atom. The molecule has 1 N–H and O–H groups in total. The Morgan fingerprint density at radius 2 is 1.52 bits per heavy atom. The summed E-state index contributed by atoms with van der Waals surface area (Å²) < 4.78 is 0. The second kappa shape index (κ2) is 7.21. The van der Waals surface area contributed by atoms with Crippen LogP contribution >= 0.6 is 0 Å². The molecule has 6 rings (SSSR count). The van der Waals surface area contributed by atoms with Crippen LogP contribution in [0.25, 0.3) is 10.9 Å². The second-order valence-electron chi connectivity index (χ2n) is 8.40. The van der Waals surface area contributed by atoms with Gasteiger partial charge in [0.1, 0.15) is 0 Å². The number of ketones is 1.